The maximum Gasteiger partial charge on any atom is 0.162 e. The third-order valence-corrected chi connectivity index (χ3v) is 5.68. The maximum absolute atomic E-state index is 5.99. The average Bonchev–Trinajstić information content (AvgIpc) is 2.83. The summed E-state index contributed by atoms with van der Waals surface area (Å²) in [6.07, 6.45) is 1.50. The van der Waals surface area contributed by atoms with Gasteiger partial charge in [0.2, 0.25) is 0 Å². The van der Waals surface area contributed by atoms with Gasteiger partial charge in [0.05, 0.1) is 26.8 Å². The molecule has 4 rings (SSSR count). The second-order valence-electron chi connectivity index (χ2n) is 6.82. The fraction of sp³-hybridized carbons (Fsp3) is 0.167. The summed E-state index contributed by atoms with van der Waals surface area (Å²) in [6, 6.07) is 17.3. The van der Waals surface area contributed by atoms with Gasteiger partial charge in [0.15, 0.2) is 23.0 Å². The average molecular weight is 496 g/mol. The van der Waals surface area contributed by atoms with Crippen molar-refractivity contribution in [3.8, 4) is 23.0 Å². The van der Waals surface area contributed by atoms with E-state index in [-0.39, 0.29) is 0 Å². The van der Waals surface area contributed by atoms with E-state index >= 15 is 0 Å². The number of nitrogens with zero attached hydrogens (tertiary/aromatic N) is 2. The summed E-state index contributed by atoms with van der Waals surface area (Å²) in [5, 5.41) is 4.13. The van der Waals surface area contributed by atoms with E-state index in [1.54, 1.807) is 21.3 Å². The summed E-state index contributed by atoms with van der Waals surface area (Å²) in [7, 11) is 4.80. The van der Waals surface area contributed by atoms with Crippen molar-refractivity contribution in [2.45, 2.75) is 6.61 Å². The van der Waals surface area contributed by atoms with E-state index in [1.165, 1.54) is 6.33 Å². The lowest BCUT2D eigenvalue weighted by Gasteiger charge is -2.15. The molecule has 0 aliphatic heterocycles. The minimum atomic E-state index is 0.419. The molecule has 8 heteroatoms. The second-order valence-corrected chi connectivity index (χ2v) is 7.67. The number of nitrogens with one attached hydrogen (secondary N) is 1. The Kier molecular flexibility index (Phi) is 6.61. The topological polar surface area (TPSA) is 74.7 Å². The van der Waals surface area contributed by atoms with Crippen LogP contribution in [0, 0.1) is 0 Å². The number of hydrogen-bond donors (Lipinski definition) is 1. The highest BCUT2D eigenvalue weighted by atomic mass is 79.9. The number of fused-ring (bicyclic) bond motifs is 1. The zero-order chi connectivity index (χ0) is 22.5. The summed E-state index contributed by atoms with van der Waals surface area (Å²) in [5.74, 6) is 3.11. The largest absolute Gasteiger partial charge is 0.493 e. The Bertz CT molecular complexity index is 1250. The van der Waals surface area contributed by atoms with Crippen molar-refractivity contribution in [2.24, 2.45) is 0 Å². The molecule has 1 heterocycles. The Labute approximate surface area is 194 Å². The molecule has 0 spiro atoms. The fourth-order valence-corrected chi connectivity index (χ4v) is 3.65. The van der Waals surface area contributed by atoms with Crippen LogP contribution in [0.4, 0.5) is 11.5 Å². The molecule has 7 nitrogen and oxygen atoms in total. The maximum atomic E-state index is 5.99. The Hall–Kier alpha value is -3.52. The van der Waals surface area contributed by atoms with Gasteiger partial charge in [-0.1, -0.05) is 34.1 Å². The van der Waals surface area contributed by atoms with E-state index in [2.05, 4.69) is 31.2 Å². The molecule has 0 fully saturated rings. The molecule has 0 aliphatic rings. The van der Waals surface area contributed by atoms with E-state index < -0.39 is 0 Å². The molecule has 164 valence electrons. The van der Waals surface area contributed by atoms with Gasteiger partial charge in [-0.25, -0.2) is 9.97 Å². The molecule has 0 radical (unpaired) electrons. The summed E-state index contributed by atoms with van der Waals surface area (Å²) in [6.45, 7) is 0.419. The van der Waals surface area contributed by atoms with Gasteiger partial charge in [0.25, 0.3) is 0 Å². The van der Waals surface area contributed by atoms with Crippen molar-refractivity contribution in [2.75, 3.05) is 26.6 Å². The van der Waals surface area contributed by atoms with Crippen molar-refractivity contribution in [3.05, 3.63) is 71.0 Å². The highest BCUT2D eigenvalue weighted by molar-refractivity contribution is 9.10. The number of aromatic nitrogens is 2. The molecule has 0 amide bonds. The highest BCUT2D eigenvalue weighted by Crippen LogP contribution is 2.36. The monoisotopic (exact) mass is 495 g/mol. The van der Waals surface area contributed by atoms with Gasteiger partial charge < -0.3 is 24.3 Å². The van der Waals surface area contributed by atoms with Crippen molar-refractivity contribution in [3.63, 3.8) is 0 Å². The molecule has 0 unspecified atom stereocenters. The lowest BCUT2D eigenvalue weighted by molar-refractivity contribution is 0.284. The molecule has 0 saturated heterocycles. The highest BCUT2D eigenvalue weighted by Gasteiger charge is 2.13. The summed E-state index contributed by atoms with van der Waals surface area (Å²) in [5.41, 5.74) is 2.58. The van der Waals surface area contributed by atoms with Gasteiger partial charge >= 0.3 is 0 Å². The molecular weight excluding hydrogens is 474 g/mol. The molecule has 32 heavy (non-hydrogen) atoms. The Morgan fingerprint density at radius 2 is 1.53 bits per heavy atom. The third-order valence-electron chi connectivity index (χ3n) is 4.91. The summed E-state index contributed by atoms with van der Waals surface area (Å²) < 4.78 is 23.3. The van der Waals surface area contributed by atoms with Crippen molar-refractivity contribution in [1.29, 1.82) is 0 Å². The molecular formula is C24H22BrN3O4. The molecule has 4 aromatic rings. The zero-order valence-electron chi connectivity index (χ0n) is 17.9. The Morgan fingerprint density at radius 3 is 2.28 bits per heavy atom. The first-order chi connectivity index (χ1) is 15.6. The zero-order valence-corrected chi connectivity index (χ0v) is 19.5. The minimum absolute atomic E-state index is 0.419. The first kappa shape index (κ1) is 21.7. The van der Waals surface area contributed by atoms with E-state index in [0.717, 1.165) is 26.6 Å². The van der Waals surface area contributed by atoms with Crippen LogP contribution in [0.15, 0.2) is 65.4 Å². The number of hydrogen-bond acceptors (Lipinski definition) is 7. The number of anilines is 2. The normalized spacial score (nSPS) is 10.6. The van der Waals surface area contributed by atoms with Crippen molar-refractivity contribution < 1.29 is 18.9 Å². The first-order valence-corrected chi connectivity index (χ1v) is 10.6. The first-order valence-electron chi connectivity index (χ1n) is 9.81. The lowest BCUT2D eigenvalue weighted by Crippen LogP contribution is -2.00. The minimum Gasteiger partial charge on any atom is -0.493 e. The predicted octanol–water partition coefficient (Wildman–Crippen LogP) is 5.74. The molecule has 0 saturated carbocycles. The van der Waals surface area contributed by atoms with Gasteiger partial charge in [0.1, 0.15) is 18.8 Å². The van der Waals surface area contributed by atoms with Crippen LogP contribution in [0.25, 0.3) is 10.9 Å². The van der Waals surface area contributed by atoms with Crippen LogP contribution in [-0.4, -0.2) is 31.3 Å². The third kappa shape index (κ3) is 4.55. The summed E-state index contributed by atoms with van der Waals surface area (Å²) >= 11 is 3.54. The predicted molar refractivity (Wildman–Crippen MR) is 127 cm³/mol. The molecule has 3 aromatic carbocycles. The summed E-state index contributed by atoms with van der Waals surface area (Å²) in [4.78, 5) is 8.74. The second kappa shape index (κ2) is 9.74. The SMILES string of the molecule is COc1cc2ncnc(Nc3ccc(OCc4ccccc4Br)c(OC)c3)c2cc1OC. The van der Waals surface area contributed by atoms with E-state index in [1.807, 2.05) is 54.6 Å². The van der Waals surface area contributed by atoms with Crippen LogP contribution in [0.1, 0.15) is 5.56 Å². The van der Waals surface area contributed by atoms with Crippen LogP contribution in [0.3, 0.4) is 0 Å². The van der Waals surface area contributed by atoms with E-state index in [4.69, 9.17) is 18.9 Å². The van der Waals surface area contributed by atoms with Crippen LogP contribution in [0.5, 0.6) is 23.0 Å². The van der Waals surface area contributed by atoms with E-state index in [0.29, 0.717) is 35.4 Å². The molecule has 1 N–H and O–H groups in total. The number of methoxy groups -OCH3 is 3. The molecule has 0 bridgehead atoms. The van der Waals surface area contributed by atoms with Crippen LogP contribution < -0.4 is 24.3 Å². The number of benzene rings is 3. The number of halogens is 1. The Balaban J connectivity index is 1.60. The van der Waals surface area contributed by atoms with Crippen molar-refractivity contribution >= 4 is 38.3 Å². The van der Waals surface area contributed by atoms with Crippen LogP contribution in [0.2, 0.25) is 0 Å². The number of ether oxygens (including phenoxy) is 4. The van der Waals surface area contributed by atoms with Gasteiger partial charge in [-0.05, 0) is 24.3 Å². The molecule has 0 atom stereocenters. The Morgan fingerprint density at radius 1 is 0.812 bits per heavy atom. The fourth-order valence-electron chi connectivity index (χ4n) is 3.25. The number of rotatable bonds is 8. The quantitative estimate of drug-likeness (QED) is 0.334. The molecule has 0 aliphatic carbocycles. The van der Waals surface area contributed by atoms with Crippen molar-refractivity contribution in [1.82, 2.24) is 9.97 Å². The van der Waals surface area contributed by atoms with Crippen LogP contribution >= 0.6 is 15.9 Å². The standard InChI is InChI=1S/C24H22BrN3O4/c1-29-21-10-16(8-9-20(21)32-13-15-6-4-5-7-18(15)25)28-24-17-11-22(30-2)23(31-3)12-19(17)26-14-27-24/h4-12,14H,13H2,1-3H3,(H,26,27,28). The van der Waals surface area contributed by atoms with Gasteiger partial charge in [-0.15, -0.1) is 0 Å². The molecule has 1 aromatic heterocycles. The van der Waals surface area contributed by atoms with Gasteiger partial charge in [-0.2, -0.15) is 0 Å². The lowest BCUT2D eigenvalue weighted by atomic mass is 10.2. The van der Waals surface area contributed by atoms with Crippen LogP contribution in [-0.2, 0) is 6.61 Å². The smallest absolute Gasteiger partial charge is 0.162 e. The van der Waals surface area contributed by atoms with Gasteiger partial charge in [0, 0.05) is 33.2 Å². The van der Waals surface area contributed by atoms with Gasteiger partial charge in [-0.3, -0.25) is 0 Å². The van der Waals surface area contributed by atoms with E-state index in [9.17, 15) is 0 Å².